The molecule has 1 aromatic carbocycles. The summed E-state index contributed by atoms with van der Waals surface area (Å²) in [7, 11) is -3.91. The Kier molecular flexibility index (Phi) is 5.61. The van der Waals surface area contributed by atoms with Gasteiger partial charge in [0.05, 0.1) is 10.5 Å². The molecule has 1 atom stereocenters. The van der Waals surface area contributed by atoms with E-state index in [1.54, 1.807) is 6.92 Å². The monoisotopic (exact) mass is 305 g/mol. The number of aliphatic hydroxyl groups is 1. The Bertz CT molecular complexity index is 588. The number of halogens is 1. The van der Waals surface area contributed by atoms with E-state index < -0.39 is 27.4 Å². The molecule has 0 fully saturated rings. The van der Waals surface area contributed by atoms with Gasteiger partial charge in [-0.2, -0.15) is 0 Å². The zero-order valence-corrected chi connectivity index (χ0v) is 11.7. The minimum absolute atomic E-state index is 0.0530. The molecule has 0 amide bonds. The van der Waals surface area contributed by atoms with Gasteiger partial charge in [0.15, 0.2) is 0 Å². The summed E-state index contributed by atoms with van der Waals surface area (Å²) < 4.78 is 39.4. The molecule has 0 spiro atoms. The van der Waals surface area contributed by atoms with Crippen LogP contribution in [0.3, 0.4) is 0 Å². The molecule has 0 aromatic heterocycles. The van der Waals surface area contributed by atoms with Crippen molar-refractivity contribution < 1.29 is 27.8 Å². The summed E-state index contributed by atoms with van der Waals surface area (Å²) in [4.78, 5) is 10.5. The van der Waals surface area contributed by atoms with E-state index in [1.807, 2.05) is 0 Å². The lowest BCUT2D eigenvalue weighted by molar-refractivity contribution is 0.0691. The fourth-order valence-corrected chi connectivity index (χ4v) is 2.68. The molecule has 3 N–H and O–H groups in total. The number of hydrogen-bond donors (Lipinski definition) is 3. The van der Waals surface area contributed by atoms with Gasteiger partial charge in [0, 0.05) is 13.2 Å². The summed E-state index contributed by atoms with van der Waals surface area (Å²) in [6, 6.07) is 2.58. The van der Waals surface area contributed by atoms with Gasteiger partial charge in [-0.25, -0.2) is 22.3 Å². The highest BCUT2D eigenvalue weighted by atomic mass is 32.2. The number of carboxylic acid groups (broad SMARTS) is 1. The fourth-order valence-electron chi connectivity index (χ4n) is 1.49. The van der Waals surface area contributed by atoms with Gasteiger partial charge < -0.3 is 10.2 Å². The molecule has 0 bridgehead atoms. The first-order valence-corrected chi connectivity index (χ1v) is 7.39. The molecular formula is C12H16FNO5S. The average molecular weight is 305 g/mol. The highest BCUT2D eigenvalue weighted by Gasteiger charge is 2.19. The van der Waals surface area contributed by atoms with Crippen molar-refractivity contribution in [2.45, 2.75) is 18.2 Å². The maximum Gasteiger partial charge on any atom is 0.338 e. The molecule has 8 heteroatoms. The third-order valence-electron chi connectivity index (χ3n) is 2.72. The Labute approximate surface area is 116 Å². The van der Waals surface area contributed by atoms with E-state index in [0.29, 0.717) is 6.42 Å². The van der Waals surface area contributed by atoms with Gasteiger partial charge in [-0.15, -0.1) is 0 Å². The maximum atomic E-state index is 13.2. The van der Waals surface area contributed by atoms with Crippen molar-refractivity contribution in [1.82, 2.24) is 4.72 Å². The Hall–Kier alpha value is -1.51. The Morgan fingerprint density at radius 3 is 2.65 bits per heavy atom. The summed E-state index contributed by atoms with van der Waals surface area (Å²) in [6.45, 7) is 1.80. The van der Waals surface area contributed by atoms with Crippen molar-refractivity contribution in [3.8, 4) is 0 Å². The number of nitrogens with one attached hydrogen (secondary N) is 1. The van der Waals surface area contributed by atoms with Crippen LogP contribution >= 0.6 is 0 Å². The van der Waals surface area contributed by atoms with E-state index in [1.165, 1.54) is 0 Å². The van der Waals surface area contributed by atoms with Crippen LogP contribution in [0.1, 0.15) is 23.7 Å². The molecular weight excluding hydrogens is 289 g/mol. The number of aromatic carboxylic acids is 1. The van der Waals surface area contributed by atoms with Crippen LogP contribution in [0.4, 0.5) is 4.39 Å². The number of rotatable bonds is 7. The van der Waals surface area contributed by atoms with E-state index in [-0.39, 0.29) is 24.0 Å². The van der Waals surface area contributed by atoms with Crippen molar-refractivity contribution in [3.63, 3.8) is 0 Å². The van der Waals surface area contributed by atoms with Crippen LogP contribution in [-0.2, 0) is 10.0 Å². The molecule has 0 aliphatic heterocycles. The summed E-state index contributed by atoms with van der Waals surface area (Å²) >= 11 is 0. The molecule has 1 aromatic rings. The summed E-state index contributed by atoms with van der Waals surface area (Å²) in [6.07, 6.45) is 0.437. The average Bonchev–Trinajstić information content (AvgIpc) is 2.37. The second-order valence-corrected chi connectivity index (χ2v) is 6.18. The topological polar surface area (TPSA) is 104 Å². The second kappa shape index (κ2) is 6.78. The first-order chi connectivity index (χ1) is 9.27. The largest absolute Gasteiger partial charge is 0.478 e. The first kappa shape index (κ1) is 16.5. The van der Waals surface area contributed by atoms with Gasteiger partial charge in [0.2, 0.25) is 10.0 Å². The van der Waals surface area contributed by atoms with E-state index in [2.05, 4.69) is 4.72 Å². The molecule has 112 valence electrons. The lowest BCUT2D eigenvalue weighted by Gasteiger charge is -2.12. The second-order valence-electron chi connectivity index (χ2n) is 4.42. The van der Waals surface area contributed by atoms with E-state index in [4.69, 9.17) is 10.2 Å². The molecule has 6 nitrogen and oxygen atoms in total. The lowest BCUT2D eigenvalue weighted by Crippen LogP contribution is -2.29. The summed E-state index contributed by atoms with van der Waals surface area (Å²) in [5.74, 6) is -2.60. The van der Waals surface area contributed by atoms with Crippen molar-refractivity contribution in [2.24, 2.45) is 5.92 Å². The van der Waals surface area contributed by atoms with Crippen LogP contribution in [0.2, 0.25) is 0 Å². The molecule has 1 unspecified atom stereocenters. The van der Waals surface area contributed by atoms with Crippen LogP contribution in [-0.4, -0.2) is 37.8 Å². The number of benzene rings is 1. The first-order valence-electron chi connectivity index (χ1n) is 5.91. The minimum atomic E-state index is -3.91. The predicted octanol–water partition coefficient (Wildman–Crippen LogP) is 0.821. The molecule has 1 rings (SSSR count). The zero-order chi connectivity index (χ0) is 15.3. The highest BCUT2D eigenvalue weighted by molar-refractivity contribution is 7.89. The molecule has 0 aliphatic carbocycles. The Balaban J connectivity index is 2.93. The Morgan fingerprint density at radius 2 is 2.10 bits per heavy atom. The van der Waals surface area contributed by atoms with Gasteiger partial charge in [-0.1, -0.05) is 6.92 Å². The number of aliphatic hydroxyl groups excluding tert-OH is 1. The zero-order valence-electron chi connectivity index (χ0n) is 10.8. The van der Waals surface area contributed by atoms with Crippen LogP contribution in [0.25, 0.3) is 0 Å². The van der Waals surface area contributed by atoms with Gasteiger partial charge in [0.25, 0.3) is 0 Å². The van der Waals surface area contributed by atoms with Crippen molar-refractivity contribution in [3.05, 3.63) is 29.6 Å². The van der Waals surface area contributed by atoms with Gasteiger partial charge >= 0.3 is 5.97 Å². The number of sulfonamides is 1. The van der Waals surface area contributed by atoms with E-state index in [0.717, 1.165) is 18.2 Å². The van der Waals surface area contributed by atoms with Crippen molar-refractivity contribution >= 4 is 16.0 Å². The molecule has 0 saturated carbocycles. The highest BCUT2D eigenvalue weighted by Crippen LogP contribution is 2.15. The standard InChI is InChI=1S/C12H16FNO5S/c1-8(4-5-15)7-14-20(18,19)9-2-3-11(13)10(6-9)12(16)17/h2-3,6,8,14-15H,4-5,7H2,1H3,(H,16,17). The molecule has 0 radical (unpaired) electrons. The number of hydrogen-bond acceptors (Lipinski definition) is 4. The van der Waals surface area contributed by atoms with Crippen LogP contribution < -0.4 is 4.72 Å². The van der Waals surface area contributed by atoms with Gasteiger partial charge in [-0.05, 0) is 30.5 Å². The third-order valence-corrected chi connectivity index (χ3v) is 4.14. The predicted molar refractivity (Wildman–Crippen MR) is 69.4 cm³/mol. The van der Waals surface area contributed by atoms with E-state index in [9.17, 15) is 17.6 Å². The Morgan fingerprint density at radius 1 is 1.45 bits per heavy atom. The smallest absolute Gasteiger partial charge is 0.338 e. The van der Waals surface area contributed by atoms with Gasteiger partial charge in [-0.3, -0.25) is 0 Å². The minimum Gasteiger partial charge on any atom is -0.478 e. The number of carbonyl (C=O) groups is 1. The molecule has 0 saturated heterocycles. The fraction of sp³-hybridized carbons (Fsp3) is 0.417. The van der Waals surface area contributed by atoms with Crippen molar-refractivity contribution in [1.29, 1.82) is 0 Å². The summed E-state index contributed by atoms with van der Waals surface area (Å²) in [5, 5.41) is 17.5. The SMILES string of the molecule is CC(CCO)CNS(=O)(=O)c1ccc(F)c(C(=O)O)c1. The maximum absolute atomic E-state index is 13.2. The number of carboxylic acids is 1. The van der Waals surface area contributed by atoms with Crippen LogP contribution in [0.5, 0.6) is 0 Å². The van der Waals surface area contributed by atoms with Crippen LogP contribution in [0, 0.1) is 11.7 Å². The van der Waals surface area contributed by atoms with Gasteiger partial charge in [0.1, 0.15) is 5.82 Å². The van der Waals surface area contributed by atoms with E-state index >= 15 is 0 Å². The van der Waals surface area contributed by atoms with Crippen LogP contribution in [0.15, 0.2) is 23.1 Å². The molecule has 0 heterocycles. The lowest BCUT2D eigenvalue weighted by atomic mass is 10.1. The van der Waals surface area contributed by atoms with Crippen molar-refractivity contribution in [2.75, 3.05) is 13.2 Å². The molecule has 0 aliphatic rings. The normalized spacial score (nSPS) is 13.2. The quantitative estimate of drug-likeness (QED) is 0.692. The summed E-state index contributed by atoms with van der Waals surface area (Å²) in [5.41, 5.74) is -0.698. The molecule has 20 heavy (non-hydrogen) atoms. The third kappa shape index (κ3) is 4.26.